The molecule has 0 radical (unpaired) electrons. The highest BCUT2D eigenvalue weighted by molar-refractivity contribution is 5.59. The first-order valence-electron chi connectivity index (χ1n) is 8.20. The third-order valence-corrected chi connectivity index (χ3v) is 7.47. The number of allylic oxidation sites excluding steroid dienone is 2. The van der Waals surface area contributed by atoms with Gasteiger partial charge < -0.3 is 0 Å². The van der Waals surface area contributed by atoms with Gasteiger partial charge in [-0.1, -0.05) is 31.2 Å². The second-order valence-corrected chi connectivity index (χ2v) is 7.74. The summed E-state index contributed by atoms with van der Waals surface area (Å²) in [5.74, 6) is 0. The molecule has 0 aromatic rings. The van der Waals surface area contributed by atoms with Gasteiger partial charge in [-0.25, -0.2) is 0 Å². The molecule has 0 aromatic heterocycles. The van der Waals surface area contributed by atoms with Crippen LogP contribution in [-0.2, 0) is 0 Å². The van der Waals surface area contributed by atoms with E-state index in [-0.39, 0.29) is 12.8 Å². The molecule has 2 saturated heterocycles. The standard InChI is InChI=1S/C16H15F6N3/c1-3-12-9(2)25(12)14(16(20,21)22)11-7-5-4-6-10(11,8-11)13(12,23-24-14)15(17,18)19/h4-7,9H,3,8H2,1-2H3/t9-,10+,11-,12+,13+,14-,25?/m0/s1. The van der Waals surface area contributed by atoms with Crippen LogP contribution >= 0.6 is 0 Å². The van der Waals surface area contributed by atoms with Crippen molar-refractivity contribution in [3.63, 3.8) is 0 Å². The lowest BCUT2D eigenvalue weighted by Crippen LogP contribution is -2.76. The van der Waals surface area contributed by atoms with Gasteiger partial charge in [0.1, 0.15) is 0 Å². The number of hydrogen-bond donors (Lipinski definition) is 0. The Morgan fingerprint density at radius 1 is 1.00 bits per heavy atom. The van der Waals surface area contributed by atoms with E-state index in [0.29, 0.717) is 0 Å². The van der Waals surface area contributed by atoms with Gasteiger partial charge in [-0.3, -0.25) is 4.90 Å². The lowest BCUT2D eigenvalue weighted by molar-refractivity contribution is -0.299. The highest BCUT2D eigenvalue weighted by Gasteiger charge is 3.06. The van der Waals surface area contributed by atoms with E-state index in [2.05, 4.69) is 10.2 Å². The Balaban J connectivity index is 1.93. The molecule has 6 aliphatic rings. The molecule has 3 nitrogen and oxygen atoms in total. The van der Waals surface area contributed by atoms with Crippen LogP contribution in [0.2, 0.25) is 0 Å². The number of azo groups is 1. The van der Waals surface area contributed by atoms with E-state index < -0.39 is 46.0 Å². The Morgan fingerprint density at radius 3 is 2.12 bits per heavy atom. The van der Waals surface area contributed by atoms with Crippen molar-refractivity contribution in [2.75, 3.05) is 0 Å². The largest absolute Gasteiger partial charge is 0.429 e. The second kappa shape index (κ2) is 3.54. The summed E-state index contributed by atoms with van der Waals surface area (Å²) in [5, 5.41) is 6.92. The van der Waals surface area contributed by atoms with Crippen LogP contribution in [0.15, 0.2) is 34.5 Å². The summed E-state index contributed by atoms with van der Waals surface area (Å²) in [6, 6.07) is -0.905. The number of rotatable bonds is 1. The number of halogens is 6. The van der Waals surface area contributed by atoms with Crippen LogP contribution in [-0.4, -0.2) is 40.0 Å². The zero-order chi connectivity index (χ0) is 18.3. The van der Waals surface area contributed by atoms with Crippen molar-refractivity contribution in [1.29, 1.82) is 0 Å². The number of hydrogen-bond acceptors (Lipinski definition) is 3. The predicted octanol–water partition coefficient (Wildman–Crippen LogP) is 4.38. The zero-order valence-corrected chi connectivity index (χ0v) is 13.4. The van der Waals surface area contributed by atoms with Gasteiger partial charge in [-0.05, 0) is 19.8 Å². The molecule has 0 amide bonds. The average molecular weight is 363 g/mol. The molecule has 6 rings (SSSR count). The number of nitrogens with zero attached hydrogens (tertiary/aromatic N) is 3. The van der Waals surface area contributed by atoms with Crippen LogP contribution in [0.4, 0.5) is 26.3 Å². The van der Waals surface area contributed by atoms with Gasteiger partial charge in [0.2, 0.25) is 11.2 Å². The van der Waals surface area contributed by atoms with Gasteiger partial charge in [0.15, 0.2) is 0 Å². The summed E-state index contributed by atoms with van der Waals surface area (Å²) >= 11 is 0. The van der Waals surface area contributed by atoms with Crippen molar-refractivity contribution < 1.29 is 26.3 Å². The minimum Gasteiger partial charge on any atom is -0.254 e. The van der Waals surface area contributed by atoms with Crippen molar-refractivity contribution >= 4 is 0 Å². The van der Waals surface area contributed by atoms with Crippen molar-refractivity contribution in [3.8, 4) is 0 Å². The third-order valence-electron chi connectivity index (χ3n) is 7.47. The average Bonchev–Trinajstić information content (AvgIpc) is 3.37. The molecule has 4 heterocycles. The summed E-state index contributed by atoms with van der Waals surface area (Å²) in [6.07, 6.45) is -4.53. The molecule has 3 fully saturated rings. The molecule has 136 valence electrons. The Bertz CT molecular complexity index is 784. The van der Waals surface area contributed by atoms with Crippen LogP contribution in [0.25, 0.3) is 0 Å². The first kappa shape index (κ1) is 15.8. The van der Waals surface area contributed by atoms with Crippen molar-refractivity contribution in [2.24, 2.45) is 21.1 Å². The van der Waals surface area contributed by atoms with Gasteiger partial charge in [-0.15, -0.1) is 0 Å². The maximum Gasteiger partial charge on any atom is 0.429 e. The normalized spacial score (nSPS) is 57.1. The topological polar surface area (TPSA) is 27.7 Å². The third kappa shape index (κ3) is 1.05. The predicted molar refractivity (Wildman–Crippen MR) is 74.5 cm³/mol. The monoisotopic (exact) mass is 363 g/mol. The molecule has 0 N–H and O–H groups in total. The summed E-state index contributed by atoms with van der Waals surface area (Å²) in [4.78, 5) is 0.954. The quantitative estimate of drug-likeness (QED) is 0.502. The molecule has 25 heavy (non-hydrogen) atoms. The Morgan fingerprint density at radius 2 is 1.60 bits per heavy atom. The molecule has 1 unspecified atom stereocenters. The Labute approximate surface area is 139 Å². The SMILES string of the molecule is CC[C@]12[C@H](C)N1[C@@]1(C(F)(F)F)N=N[C@]2(C(F)(F)F)[C@@]23C=CC=C[C@]21C3. The van der Waals surface area contributed by atoms with Gasteiger partial charge in [-0.2, -0.15) is 36.6 Å². The summed E-state index contributed by atoms with van der Waals surface area (Å²) in [6.45, 7) is 2.94. The molecule has 0 aromatic carbocycles. The second-order valence-electron chi connectivity index (χ2n) is 7.74. The summed E-state index contributed by atoms with van der Waals surface area (Å²) in [7, 11) is 0. The van der Waals surface area contributed by atoms with Gasteiger partial charge in [0.05, 0.1) is 11.0 Å². The number of alkyl halides is 6. The maximum atomic E-state index is 14.4. The van der Waals surface area contributed by atoms with Crippen molar-refractivity contribution in [1.82, 2.24) is 4.90 Å². The fourth-order valence-corrected chi connectivity index (χ4v) is 6.68. The smallest absolute Gasteiger partial charge is 0.254 e. The van der Waals surface area contributed by atoms with Crippen LogP contribution in [0, 0.1) is 10.8 Å². The Hall–Kier alpha value is -1.38. The molecule has 0 spiro atoms. The molecule has 2 bridgehead atoms. The molecule has 4 aliphatic heterocycles. The minimum atomic E-state index is -4.82. The van der Waals surface area contributed by atoms with Crippen LogP contribution in [0.5, 0.6) is 0 Å². The fraction of sp³-hybridized carbons (Fsp3) is 0.750. The van der Waals surface area contributed by atoms with E-state index in [9.17, 15) is 26.3 Å². The van der Waals surface area contributed by atoms with Gasteiger partial charge >= 0.3 is 12.4 Å². The molecular formula is C16H15F6N3. The highest BCUT2D eigenvalue weighted by atomic mass is 19.4. The van der Waals surface area contributed by atoms with Gasteiger partial charge in [0, 0.05) is 11.5 Å². The molecule has 9 heteroatoms. The van der Waals surface area contributed by atoms with E-state index in [0.717, 1.165) is 4.90 Å². The van der Waals surface area contributed by atoms with E-state index in [1.54, 1.807) is 0 Å². The minimum absolute atomic E-state index is 0.0695. The van der Waals surface area contributed by atoms with E-state index in [1.807, 2.05) is 0 Å². The first-order chi connectivity index (χ1) is 11.5. The lowest BCUT2D eigenvalue weighted by Gasteiger charge is -2.58. The van der Waals surface area contributed by atoms with E-state index in [1.165, 1.54) is 38.2 Å². The summed E-state index contributed by atoms with van der Waals surface area (Å²) < 4.78 is 86.2. The first-order valence-corrected chi connectivity index (χ1v) is 8.20. The van der Waals surface area contributed by atoms with Crippen LogP contribution < -0.4 is 0 Å². The molecule has 7 atom stereocenters. The number of piperidine rings is 1. The van der Waals surface area contributed by atoms with Crippen LogP contribution in [0.1, 0.15) is 26.7 Å². The maximum absolute atomic E-state index is 14.4. The highest BCUT2D eigenvalue weighted by Crippen LogP contribution is 2.92. The van der Waals surface area contributed by atoms with Crippen molar-refractivity contribution in [2.45, 2.75) is 61.8 Å². The molecular weight excluding hydrogens is 348 g/mol. The van der Waals surface area contributed by atoms with E-state index in [4.69, 9.17) is 0 Å². The molecule has 1 saturated carbocycles. The van der Waals surface area contributed by atoms with Gasteiger partial charge in [0.25, 0.3) is 0 Å². The zero-order valence-electron chi connectivity index (χ0n) is 13.4. The summed E-state index contributed by atoms with van der Waals surface area (Å²) in [5.41, 5.74) is -10.5. The van der Waals surface area contributed by atoms with E-state index >= 15 is 0 Å². The lowest BCUT2D eigenvalue weighted by atomic mass is 9.58. The van der Waals surface area contributed by atoms with Crippen LogP contribution in [0.3, 0.4) is 0 Å². The molecule has 2 aliphatic carbocycles. The fourth-order valence-electron chi connectivity index (χ4n) is 6.68. The Kier molecular flexibility index (Phi) is 2.25. The van der Waals surface area contributed by atoms with Crippen molar-refractivity contribution in [3.05, 3.63) is 24.3 Å².